The minimum Gasteiger partial charge on any atom is -0.397 e. The van der Waals surface area contributed by atoms with Crippen molar-refractivity contribution in [1.82, 2.24) is 20.4 Å². The van der Waals surface area contributed by atoms with E-state index < -0.39 is 22.0 Å². The number of amides is 6. The number of carbonyl (C=O) groups excluding carboxylic acids is 4. The molecule has 198 valence electrons. The van der Waals surface area contributed by atoms with E-state index in [0.29, 0.717) is 36.2 Å². The van der Waals surface area contributed by atoms with Crippen LogP contribution >= 0.6 is 0 Å². The van der Waals surface area contributed by atoms with E-state index >= 15 is 0 Å². The number of anilines is 3. The Kier molecular flexibility index (Phi) is 5.26. The second kappa shape index (κ2) is 8.06. The molecule has 0 bridgehead atoms. The third kappa shape index (κ3) is 3.40. The number of benzene rings is 2. The van der Waals surface area contributed by atoms with Crippen molar-refractivity contribution in [2.75, 3.05) is 31.3 Å². The topological polar surface area (TPSA) is 220 Å². The molecular weight excluding hydrogens is 496 g/mol. The van der Waals surface area contributed by atoms with Crippen LogP contribution in [0.1, 0.15) is 22.3 Å². The molecule has 14 nitrogen and oxygen atoms in total. The first-order chi connectivity index (χ1) is 17.8. The van der Waals surface area contributed by atoms with Gasteiger partial charge in [-0.25, -0.2) is 9.59 Å². The fraction of sp³-hybridized carbons (Fsp3) is 0.333. The Morgan fingerprint density at radius 3 is 1.37 bits per heavy atom. The number of hydrogen-bond acceptors (Lipinski definition) is 9. The van der Waals surface area contributed by atoms with Crippen LogP contribution in [0.25, 0.3) is 0 Å². The molecule has 2 spiro atoms. The largest absolute Gasteiger partial charge is 0.397 e. The molecule has 2 aliphatic heterocycles. The zero-order valence-electron chi connectivity index (χ0n) is 20.7. The maximum atomic E-state index is 12.1. The fourth-order valence-electron chi connectivity index (χ4n) is 5.71. The lowest BCUT2D eigenvalue weighted by Gasteiger charge is -2.27. The van der Waals surface area contributed by atoms with Gasteiger partial charge in [-0.3, -0.25) is 30.3 Å². The molecule has 2 aromatic carbocycles. The number of hydrogen-bond donors (Lipinski definition) is 5. The van der Waals surface area contributed by atoms with Gasteiger partial charge < -0.3 is 27.0 Å². The lowest BCUT2D eigenvalue weighted by Crippen LogP contribution is -2.48. The van der Waals surface area contributed by atoms with Crippen LogP contribution in [0.2, 0.25) is 0 Å². The summed E-state index contributed by atoms with van der Waals surface area (Å²) in [6.45, 7) is 0. The van der Waals surface area contributed by atoms with Crippen molar-refractivity contribution in [2.45, 2.75) is 36.8 Å². The van der Waals surface area contributed by atoms with Gasteiger partial charge in [-0.15, -0.1) is 0 Å². The van der Waals surface area contributed by atoms with Gasteiger partial charge in [0.1, 0.15) is 16.8 Å². The van der Waals surface area contributed by atoms with Crippen molar-refractivity contribution in [3.8, 4) is 0 Å². The summed E-state index contributed by atoms with van der Waals surface area (Å²) < 4.78 is 0. The average Bonchev–Trinajstić information content (AvgIpc) is 3.52. The lowest BCUT2D eigenvalue weighted by molar-refractivity contribution is -0.384. The Hall–Kier alpha value is -4.88. The number of nitrogens with one attached hydrogen (secondary N) is 2. The predicted octanol–water partition coefficient (Wildman–Crippen LogP) is 0.0660. The number of rotatable bonds is 1. The molecule has 1 unspecified atom stereocenters. The lowest BCUT2D eigenvalue weighted by atomic mass is 9.95. The summed E-state index contributed by atoms with van der Waals surface area (Å²) in [5, 5.41) is 15.5. The van der Waals surface area contributed by atoms with Crippen molar-refractivity contribution < 1.29 is 24.1 Å². The van der Waals surface area contributed by atoms with Crippen LogP contribution < -0.4 is 27.8 Å². The number of nitro groups is 1. The molecule has 6 rings (SSSR count). The number of urea groups is 2. The van der Waals surface area contributed by atoms with E-state index in [0.717, 1.165) is 16.7 Å². The first kappa shape index (κ1) is 24.8. The molecule has 14 heteroatoms. The van der Waals surface area contributed by atoms with Crippen molar-refractivity contribution in [3.63, 3.8) is 0 Å². The molecule has 1 atom stereocenters. The molecule has 2 heterocycles. The highest BCUT2D eigenvalue weighted by Gasteiger charge is 2.55. The third-order valence-electron chi connectivity index (χ3n) is 8.06. The Labute approximate surface area is 216 Å². The van der Waals surface area contributed by atoms with Gasteiger partial charge in [0.05, 0.1) is 16.3 Å². The smallest absolute Gasteiger partial charge is 0.324 e. The highest BCUT2D eigenvalue weighted by atomic mass is 16.6. The first-order valence-corrected chi connectivity index (χ1v) is 11.7. The molecule has 2 aliphatic carbocycles. The highest BCUT2D eigenvalue weighted by molar-refractivity contribution is 6.08. The Balaban J connectivity index is 0.000000156. The fourth-order valence-corrected chi connectivity index (χ4v) is 5.71. The number of fused-ring (bicyclic) bond motifs is 2. The number of carbonyl (C=O) groups is 4. The summed E-state index contributed by atoms with van der Waals surface area (Å²) in [4.78, 5) is 60.4. The Bertz CT molecular complexity index is 1440. The molecule has 0 saturated carbocycles. The van der Waals surface area contributed by atoms with Gasteiger partial charge in [-0.2, -0.15) is 0 Å². The van der Waals surface area contributed by atoms with E-state index in [1.165, 1.54) is 21.9 Å². The molecule has 0 radical (unpaired) electrons. The molecule has 0 aromatic heterocycles. The maximum absolute atomic E-state index is 12.1. The van der Waals surface area contributed by atoms with Crippen molar-refractivity contribution in [3.05, 3.63) is 56.6 Å². The molecule has 38 heavy (non-hydrogen) atoms. The van der Waals surface area contributed by atoms with Crippen LogP contribution in [-0.2, 0) is 35.3 Å². The van der Waals surface area contributed by atoms with Crippen molar-refractivity contribution in [1.29, 1.82) is 0 Å². The van der Waals surface area contributed by atoms with Crippen LogP contribution in [-0.4, -0.2) is 63.8 Å². The van der Waals surface area contributed by atoms with Gasteiger partial charge in [0.15, 0.2) is 0 Å². The standard InChI is InChI=1S/C12H12N4O4.C12H14N4O2/c1-15-11(18)14-10(17)12(15)4-6-2-8(13)9(16(19)20)3-7(6)5-12;1-16-11(18)15-10(17)12(16)4-6-2-8(13)9(14)3-7(6)5-12/h2-3H,4-5,13H2,1H3,(H,14,17,18);2-3H,4-5,13-14H2,1H3,(H,15,17,18). The monoisotopic (exact) mass is 522 g/mol. The number of nitrogens with two attached hydrogens (primary N) is 3. The van der Waals surface area contributed by atoms with Gasteiger partial charge in [0, 0.05) is 45.8 Å². The SMILES string of the molecule is CN1C(=O)NC(=O)C12Cc1cc(N)c(N)cc1C2.CN1C(=O)NC(=O)C12Cc1cc(N)c([N+](=O)[O-])cc1C2. The molecule has 4 aliphatic rings. The Morgan fingerprint density at radius 2 is 1.05 bits per heavy atom. The van der Waals surface area contributed by atoms with Crippen LogP contribution in [0.5, 0.6) is 0 Å². The average molecular weight is 523 g/mol. The molecule has 2 saturated heterocycles. The van der Waals surface area contributed by atoms with Gasteiger partial charge in [-0.05, 0) is 40.5 Å². The van der Waals surface area contributed by atoms with E-state index in [9.17, 15) is 29.3 Å². The first-order valence-electron chi connectivity index (χ1n) is 11.7. The Morgan fingerprint density at radius 1 is 0.711 bits per heavy atom. The molecule has 2 aromatic rings. The van der Waals surface area contributed by atoms with Crippen molar-refractivity contribution >= 4 is 46.6 Å². The minimum atomic E-state index is -0.985. The van der Waals surface area contributed by atoms with E-state index in [1.54, 1.807) is 26.2 Å². The molecular formula is C24H26N8O6. The predicted molar refractivity (Wildman–Crippen MR) is 136 cm³/mol. The third-order valence-corrected chi connectivity index (χ3v) is 8.06. The van der Waals surface area contributed by atoms with E-state index in [4.69, 9.17) is 17.2 Å². The van der Waals surface area contributed by atoms with E-state index in [1.807, 2.05) is 0 Å². The van der Waals surface area contributed by atoms with Crippen LogP contribution in [0.4, 0.5) is 32.3 Å². The summed E-state index contributed by atoms with van der Waals surface area (Å²) in [6.07, 6.45) is 1.55. The quantitative estimate of drug-likeness (QED) is 0.148. The van der Waals surface area contributed by atoms with Crippen LogP contribution in [0.15, 0.2) is 24.3 Å². The highest BCUT2D eigenvalue weighted by Crippen LogP contribution is 2.41. The normalized spacial score (nSPS) is 22.4. The number of imide groups is 2. The minimum absolute atomic E-state index is 0.0678. The number of likely N-dealkylation sites (N-methyl/N-ethyl adjacent to an activating group) is 2. The molecule has 6 amide bonds. The summed E-state index contributed by atoms with van der Waals surface area (Å²) in [6, 6.07) is 5.70. The van der Waals surface area contributed by atoms with Gasteiger partial charge in [-0.1, -0.05) is 0 Å². The summed E-state index contributed by atoms with van der Waals surface area (Å²) >= 11 is 0. The molecule has 2 fully saturated rings. The van der Waals surface area contributed by atoms with Crippen LogP contribution in [0, 0.1) is 10.1 Å². The number of nitrogen functional groups attached to an aromatic ring is 3. The zero-order chi connectivity index (χ0) is 27.7. The van der Waals surface area contributed by atoms with Crippen LogP contribution in [0.3, 0.4) is 0 Å². The van der Waals surface area contributed by atoms with Crippen molar-refractivity contribution in [2.24, 2.45) is 0 Å². The second-order valence-corrected chi connectivity index (χ2v) is 10.1. The molecule has 8 N–H and O–H groups in total. The number of nitrogens with zero attached hydrogens (tertiary/aromatic N) is 3. The summed E-state index contributed by atoms with van der Waals surface area (Å²) in [5.74, 6) is -0.620. The summed E-state index contributed by atoms with van der Waals surface area (Å²) in [7, 11) is 3.18. The number of nitro benzene ring substituents is 1. The zero-order valence-corrected chi connectivity index (χ0v) is 20.7. The van der Waals surface area contributed by atoms with E-state index in [-0.39, 0.29) is 35.6 Å². The summed E-state index contributed by atoms with van der Waals surface area (Å²) in [5.41, 5.74) is 19.7. The van der Waals surface area contributed by atoms with E-state index in [2.05, 4.69) is 10.6 Å². The van der Waals surface area contributed by atoms with Gasteiger partial charge >= 0.3 is 12.1 Å². The second-order valence-electron chi connectivity index (χ2n) is 10.1. The van der Waals surface area contributed by atoms with Gasteiger partial charge in [0.2, 0.25) is 0 Å². The maximum Gasteiger partial charge on any atom is 0.324 e. The van der Waals surface area contributed by atoms with Gasteiger partial charge in [0.25, 0.3) is 17.5 Å².